The Balaban J connectivity index is 1.43. The lowest BCUT2D eigenvalue weighted by molar-refractivity contribution is -0.676. The van der Waals surface area contributed by atoms with Crippen LogP contribution in [0.1, 0.15) is 43.0 Å². The van der Waals surface area contributed by atoms with Crippen molar-refractivity contribution in [2.45, 2.75) is 52.4 Å². The molecule has 1 fully saturated rings. The van der Waals surface area contributed by atoms with Crippen molar-refractivity contribution < 1.29 is 18.9 Å². The molecule has 0 spiro atoms. The molecule has 210 valence electrons. The van der Waals surface area contributed by atoms with Crippen molar-refractivity contribution in [2.75, 3.05) is 36.4 Å². The van der Waals surface area contributed by atoms with E-state index in [9.17, 15) is 9.59 Å². The monoisotopic (exact) mass is 669 g/mol. The van der Waals surface area contributed by atoms with Crippen LogP contribution in [0.25, 0.3) is 11.0 Å². The van der Waals surface area contributed by atoms with Crippen LogP contribution < -0.4 is 25.7 Å². The maximum absolute atomic E-state index is 12.8. The van der Waals surface area contributed by atoms with Gasteiger partial charge >= 0.3 is 0 Å². The van der Waals surface area contributed by atoms with Crippen molar-refractivity contribution in [3.63, 3.8) is 0 Å². The zero-order chi connectivity index (χ0) is 27.9. The van der Waals surface area contributed by atoms with E-state index in [1.165, 1.54) is 6.20 Å². The van der Waals surface area contributed by atoms with Crippen LogP contribution in [0.2, 0.25) is 5.15 Å². The Morgan fingerprint density at radius 3 is 2.74 bits per heavy atom. The molecule has 1 aliphatic heterocycles. The molecule has 4 rings (SSSR count). The topological polar surface area (TPSA) is 131 Å². The number of aryl methyl sites for hydroxylation is 2. The van der Waals surface area contributed by atoms with Crippen LogP contribution in [-0.4, -0.2) is 68.0 Å². The molecular weight excluding hydrogens is 635 g/mol. The average Bonchev–Trinajstić information content (AvgIpc) is 3.24. The zero-order valence-electron chi connectivity index (χ0n) is 22.3. The third kappa shape index (κ3) is 7.09. The number of nitrogen functional groups attached to an aromatic ring is 1. The summed E-state index contributed by atoms with van der Waals surface area (Å²) in [6.45, 7) is 8.80. The van der Waals surface area contributed by atoms with Gasteiger partial charge in [-0.05, 0) is 38.8 Å². The summed E-state index contributed by atoms with van der Waals surface area (Å²) in [4.78, 5) is 35.7. The van der Waals surface area contributed by atoms with Crippen molar-refractivity contribution in [1.29, 1.82) is 0 Å². The molecule has 13 heteroatoms. The molecule has 3 aromatic rings. The van der Waals surface area contributed by atoms with Crippen LogP contribution in [0.3, 0.4) is 0 Å². The fraction of sp³-hybridized carbons (Fsp3) is 0.500. The number of rotatable bonds is 11. The molecule has 11 nitrogen and oxygen atoms in total. The number of nitrogens with zero attached hydrogens (tertiary/aromatic N) is 5. The number of fused-ring (bicyclic) bond motifs is 1. The number of halogens is 2. The second kappa shape index (κ2) is 13.6. The fourth-order valence-electron chi connectivity index (χ4n) is 4.98. The molecule has 3 heterocycles. The number of nitrogens with two attached hydrogens (primary N) is 1. The predicted molar refractivity (Wildman–Crippen MR) is 158 cm³/mol. The van der Waals surface area contributed by atoms with E-state index in [2.05, 4.69) is 57.2 Å². The minimum atomic E-state index is -0.455. The van der Waals surface area contributed by atoms with Crippen LogP contribution in [0.15, 0.2) is 24.4 Å². The number of carbonyl (C=O) groups excluding carboxylic acids is 2. The SMILES string of the molecule is CCn1c(CNC(=O)c2nc(Cl)cnc2N)[n+](CC)c2ccc(OCC(=O)NC3CCN(CCI)CC3)cc21. The standard InChI is InChI=1S/C26H34ClIN8O3/c1-3-35-19-6-5-18(39-16-22(37)32-17-7-10-34(11-8-17)12-9-28)13-20(19)36(4-2)23(35)15-31-26(38)24-25(29)30-14-21(27)33-24/h5-6,13-14,17H,3-4,7-12,15-16H2,1-2H3,(H3-,29,30,31,32,37,38)/p+1. The van der Waals surface area contributed by atoms with Gasteiger partial charge in [0.1, 0.15) is 17.4 Å². The average molecular weight is 670 g/mol. The largest absolute Gasteiger partial charge is 0.484 e. The smallest absolute Gasteiger partial charge is 0.277 e. The Kier molecular flexibility index (Phi) is 10.2. The Bertz CT molecular complexity index is 1330. The third-order valence-corrected chi connectivity index (χ3v) is 7.57. The molecular formula is C26H35ClIN8O3+. The highest BCUT2D eigenvalue weighted by molar-refractivity contribution is 14.1. The first-order chi connectivity index (χ1) is 18.8. The van der Waals surface area contributed by atoms with Gasteiger partial charge in [-0.3, -0.25) is 9.59 Å². The number of likely N-dealkylation sites (tertiary alicyclic amines) is 1. The van der Waals surface area contributed by atoms with Crippen LogP contribution in [0.5, 0.6) is 5.75 Å². The molecule has 1 aromatic carbocycles. The van der Waals surface area contributed by atoms with E-state index in [4.69, 9.17) is 22.1 Å². The summed E-state index contributed by atoms with van der Waals surface area (Å²) < 4.78 is 11.2. The number of hydrogen-bond acceptors (Lipinski definition) is 7. The van der Waals surface area contributed by atoms with Gasteiger partial charge in [-0.25, -0.2) is 19.1 Å². The second-order valence-electron chi connectivity index (χ2n) is 9.33. The van der Waals surface area contributed by atoms with Crippen molar-refractivity contribution in [3.05, 3.63) is 41.1 Å². The zero-order valence-corrected chi connectivity index (χ0v) is 25.2. The summed E-state index contributed by atoms with van der Waals surface area (Å²) >= 11 is 8.29. The molecule has 1 saturated heterocycles. The van der Waals surface area contributed by atoms with Crippen molar-refractivity contribution in [2.24, 2.45) is 0 Å². The Hall–Kier alpha value is -2.71. The van der Waals surface area contributed by atoms with Crippen molar-refractivity contribution in [1.82, 2.24) is 30.1 Å². The number of aromatic nitrogens is 4. The normalized spacial score (nSPS) is 14.5. The van der Waals surface area contributed by atoms with Gasteiger partial charge in [-0.15, -0.1) is 0 Å². The molecule has 0 aliphatic carbocycles. The number of alkyl halides is 1. The number of hydrogen-bond donors (Lipinski definition) is 3. The molecule has 39 heavy (non-hydrogen) atoms. The lowest BCUT2D eigenvalue weighted by atomic mass is 10.1. The number of imidazole rings is 1. The fourth-order valence-corrected chi connectivity index (χ4v) is 5.80. The second-order valence-corrected chi connectivity index (χ2v) is 10.8. The third-order valence-electron chi connectivity index (χ3n) is 6.90. The van der Waals surface area contributed by atoms with Gasteiger partial charge in [0.15, 0.2) is 29.2 Å². The van der Waals surface area contributed by atoms with E-state index in [0.717, 1.165) is 53.8 Å². The van der Waals surface area contributed by atoms with E-state index in [1.807, 2.05) is 32.0 Å². The molecule has 0 bridgehead atoms. The number of piperidine rings is 1. The summed E-state index contributed by atoms with van der Waals surface area (Å²) in [7, 11) is 0. The number of anilines is 1. The first-order valence-corrected chi connectivity index (χ1v) is 15.1. The van der Waals surface area contributed by atoms with Gasteiger partial charge in [0.05, 0.1) is 19.3 Å². The molecule has 4 N–H and O–H groups in total. The lowest BCUT2D eigenvalue weighted by Crippen LogP contribution is -2.46. The summed E-state index contributed by atoms with van der Waals surface area (Å²) in [5.41, 5.74) is 7.76. The molecule has 1 aliphatic rings. The maximum atomic E-state index is 12.8. The molecule has 2 aromatic heterocycles. The maximum Gasteiger partial charge on any atom is 0.277 e. The van der Waals surface area contributed by atoms with Crippen LogP contribution in [0, 0.1) is 0 Å². The number of ether oxygens (including phenoxy) is 1. The highest BCUT2D eigenvalue weighted by atomic mass is 127. The van der Waals surface area contributed by atoms with E-state index in [0.29, 0.717) is 18.8 Å². The highest BCUT2D eigenvalue weighted by Crippen LogP contribution is 2.22. The lowest BCUT2D eigenvalue weighted by Gasteiger charge is -2.31. The summed E-state index contributed by atoms with van der Waals surface area (Å²) in [5, 5.41) is 6.10. The van der Waals surface area contributed by atoms with Gasteiger partial charge < -0.3 is 26.0 Å². The Morgan fingerprint density at radius 1 is 1.28 bits per heavy atom. The minimum absolute atomic E-state index is 0.00939. The van der Waals surface area contributed by atoms with E-state index >= 15 is 0 Å². The van der Waals surface area contributed by atoms with E-state index in [1.54, 1.807) is 0 Å². The highest BCUT2D eigenvalue weighted by Gasteiger charge is 2.26. The summed E-state index contributed by atoms with van der Waals surface area (Å²) in [5.74, 6) is 0.972. The number of amides is 2. The number of benzene rings is 1. The quantitative estimate of drug-likeness (QED) is 0.162. The first kappa shape index (κ1) is 29.3. The molecule has 0 saturated carbocycles. The van der Waals surface area contributed by atoms with E-state index in [-0.39, 0.29) is 41.8 Å². The van der Waals surface area contributed by atoms with Gasteiger partial charge in [0.2, 0.25) is 0 Å². The predicted octanol–water partition coefficient (Wildman–Crippen LogP) is 2.32. The first-order valence-electron chi connectivity index (χ1n) is 13.2. The Labute approximate surface area is 246 Å². The number of carbonyl (C=O) groups is 2. The summed E-state index contributed by atoms with van der Waals surface area (Å²) in [6, 6.07) is 5.98. The Morgan fingerprint density at radius 2 is 2.05 bits per heavy atom. The molecule has 0 radical (unpaired) electrons. The van der Waals surface area contributed by atoms with E-state index < -0.39 is 5.91 Å². The molecule has 0 unspecified atom stereocenters. The van der Waals surface area contributed by atoms with Gasteiger partial charge in [0, 0.05) is 36.2 Å². The van der Waals surface area contributed by atoms with Crippen LogP contribution >= 0.6 is 34.2 Å². The van der Waals surface area contributed by atoms with Crippen LogP contribution in [-0.2, 0) is 24.4 Å². The molecule has 2 amide bonds. The van der Waals surface area contributed by atoms with Crippen molar-refractivity contribution in [3.8, 4) is 5.75 Å². The van der Waals surface area contributed by atoms with Crippen molar-refractivity contribution >= 4 is 62.9 Å². The van der Waals surface area contributed by atoms with Gasteiger partial charge in [-0.1, -0.05) is 34.2 Å². The van der Waals surface area contributed by atoms with Gasteiger partial charge in [0.25, 0.3) is 17.6 Å². The number of nitrogens with one attached hydrogen (secondary N) is 2. The summed E-state index contributed by atoms with van der Waals surface area (Å²) in [6.07, 6.45) is 3.23. The van der Waals surface area contributed by atoms with Crippen LogP contribution in [0.4, 0.5) is 5.82 Å². The minimum Gasteiger partial charge on any atom is -0.484 e. The van der Waals surface area contributed by atoms with Gasteiger partial charge in [-0.2, -0.15) is 0 Å². The molecule has 0 atom stereocenters.